The van der Waals surface area contributed by atoms with Crippen LogP contribution in [0.5, 0.6) is 0 Å². The first-order valence-electron chi connectivity index (χ1n) is 7.99. The van der Waals surface area contributed by atoms with E-state index in [2.05, 4.69) is 10.6 Å². The van der Waals surface area contributed by atoms with Crippen LogP contribution in [-0.2, 0) is 14.3 Å². The summed E-state index contributed by atoms with van der Waals surface area (Å²) in [4.78, 5) is 23.6. The first kappa shape index (κ1) is 17.8. The van der Waals surface area contributed by atoms with Gasteiger partial charge in [0.2, 0.25) is 11.8 Å². The van der Waals surface area contributed by atoms with Crippen molar-refractivity contribution in [1.82, 2.24) is 5.32 Å². The summed E-state index contributed by atoms with van der Waals surface area (Å²) in [5.74, 6) is -0.179. The topological polar surface area (TPSA) is 67.4 Å². The normalized spacial score (nSPS) is 17.0. The maximum absolute atomic E-state index is 11.9. The number of benzene rings is 1. The van der Waals surface area contributed by atoms with Gasteiger partial charge in [-0.25, -0.2) is 0 Å². The lowest BCUT2D eigenvalue weighted by Gasteiger charge is -2.11. The SMILES string of the molecule is Cc1c(Cl)cccc1NC(=O)CCNC(=O)CCC1CCCO1. The summed E-state index contributed by atoms with van der Waals surface area (Å²) in [7, 11) is 0. The van der Waals surface area contributed by atoms with E-state index in [9.17, 15) is 9.59 Å². The van der Waals surface area contributed by atoms with Crippen LogP contribution >= 0.6 is 11.6 Å². The number of halogens is 1. The van der Waals surface area contributed by atoms with Gasteiger partial charge in [0, 0.05) is 36.7 Å². The lowest BCUT2D eigenvalue weighted by atomic mass is 10.1. The second-order valence-electron chi connectivity index (χ2n) is 5.73. The molecule has 126 valence electrons. The summed E-state index contributed by atoms with van der Waals surface area (Å²) in [5, 5.41) is 6.19. The highest BCUT2D eigenvalue weighted by molar-refractivity contribution is 6.31. The zero-order valence-electron chi connectivity index (χ0n) is 13.4. The average molecular weight is 339 g/mol. The summed E-state index contributed by atoms with van der Waals surface area (Å²) < 4.78 is 5.48. The van der Waals surface area contributed by atoms with Gasteiger partial charge in [0.05, 0.1) is 6.10 Å². The van der Waals surface area contributed by atoms with Crippen LogP contribution in [0.1, 0.15) is 37.7 Å². The fourth-order valence-corrected chi connectivity index (χ4v) is 2.70. The van der Waals surface area contributed by atoms with E-state index in [0.717, 1.165) is 31.4 Å². The van der Waals surface area contributed by atoms with Crippen LogP contribution in [0.4, 0.5) is 5.69 Å². The molecule has 0 radical (unpaired) electrons. The van der Waals surface area contributed by atoms with Crippen LogP contribution in [-0.4, -0.2) is 31.1 Å². The van der Waals surface area contributed by atoms with Crippen molar-refractivity contribution >= 4 is 29.1 Å². The molecule has 0 aromatic heterocycles. The van der Waals surface area contributed by atoms with E-state index in [-0.39, 0.29) is 24.3 Å². The third-order valence-electron chi connectivity index (χ3n) is 3.93. The molecule has 1 heterocycles. The van der Waals surface area contributed by atoms with Gasteiger partial charge in [-0.15, -0.1) is 0 Å². The molecule has 1 saturated heterocycles. The molecule has 2 amide bonds. The smallest absolute Gasteiger partial charge is 0.226 e. The van der Waals surface area contributed by atoms with Crippen molar-refractivity contribution in [2.24, 2.45) is 0 Å². The summed E-state index contributed by atoms with van der Waals surface area (Å²) >= 11 is 6.01. The zero-order valence-corrected chi connectivity index (χ0v) is 14.1. The first-order chi connectivity index (χ1) is 11.1. The predicted molar refractivity (Wildman–Crippen MR) is 90.7 cm³/mol. The number of anilines is 1. The quantitative estimate of drug-likeness (QED) is 0.803. The minimum Gasteiger partial charge on any atom is -0.378 e. The monoisotopic (exact) mass is 338 g/mol. The number of ether oxygens (including phenoxy) is 1. The summed E-state index contributed by atoms with van der Waals surface area (Å²) in [5.41, 5.74) is 1.54. The Kier molecular flexibility index (Phi) is 6.86. The van der Waals surface area contributed by atoms with Gasteiger partial charge in [0.15, 0.2) is 0 Å². The van der Waals surface area contributed by atoms with E-state index in [0.29, 0.717) is 23.7 Å². The van der Waals surface area contributed by atoms with E-state index in [1.807, 2.05) is 6.92 Å². The third-order valence-corrected chi connectivity index (χ3v) is 4.34. The molecule has 1 unspecified atom stereocenters. The second-order valence-corrected chi connectivity index (χ2v) is 6.14. The molecule has 1 aromatic carbocycles. The molecule has 0 aliphatic carbocycles. The summed E-state index contributed by atoms with van der Waals surface area (Å²) in [6.07, 6.45) is 3.76. The maximum atomic E-state index is 11.9. The standard InChI is InChI=1S/C17H23ClN2O3/c1-12-14(18)5-2-6-15(12)20-17(22)9-10-19-16(21)8-7-13-4-3-11-23-13/h2,5-6,13H,3-4,7-11H2,1H3,(H,19,21)(H,20,22). The number of carbonyl (C=O) groups excluding carboxylic acids is 2. The minimum absolute atomic E-state index is 0.0350. The molecule has 1 fully saturated rings. The Bertz CT molecular complexity index is 557. The van der Waals surface area contributed by atoms with Crippen molar-refractivity contribution in [2.45, 2.75) is 45.1 Å². The van der Waals surface area contributed by atoms with Gasteiger partial charge in [-0.05, 0) is 43.9 Å². The number of hydrogen-bond acceptors (Lipinski definition) is 3. The molecule has 6 heteroatoms. The minimum atomic E-state index is -0.144. The van der Waals surface area contributed by atoms with Crippen LogP contribution in [0.15, 0.2) is 18.2 Å². The predicted octanol–water partition coefficient (Wildman–Crippen LogP) is 3.05. The van der Waals surface area contributed by atoms with E-state index in [1.165, 1.54) is 0 Å². The fraction of sp³-hybridized carbons (Fsp3) is 0.529. The van der Waals surface area contributed by atoms with Gasteiger partial charge >= 0.3 is 0 Å². The third kappa shape index (κ3) is 5.84. The highest BCUT2D eigenvalue weighted by atomic mass is 35.5. The summed E-state index contributed by atoms with van der Waals surface area (Å²) in [6.45, 7) is 2.98. The van der Waals surface area contributed by atoms with Crippen molar-refractivity contribution in [3.8, 4) is 0 Å². The summed E-state index contributed by atoms with van der Waals surface area (Å²) in [6, 6.07) is 5.37. The van der Waals surface area contributed by atoms with Crippen LogP contribution in [0, 0.1) is 6.92 Å². The Labute approximate surface area is 141 Å². The van der Waals surface area contributed by atoms with Crippen molar-refractivity contribution in [3.05, 3.63) is 28.8 Å². The fourth-order valence-electron chi connectivity index (χ4n) is 2.52. The molecule has 2 N–H and O–H groups in total. The largest absolute Gasteiger partial charge is 0.378 e. The van der Waals surface area contributed by atoms with Gasteiger partial charge < -0.3 is 15.4 Å². The van der Waals surface area contributed by atoms with Gasteiger partial charge in [-0.3, -0.25) is 9.59 Å². The van der Waals surface area contributed by atoms with Crippen molar-refractivity contribution in [3.63, 3.8) is 0 Å². The van der Waals surface area contributed by atoms with E-state index >= 15 is 0 Å². The lowest BCUT2D eigenvalue weighted by Crippen LogP contribution is -2.28. The number of hydrogen-bond donors (Lipinski definition) is 2. The molecule has 1 aliphatic heterocycles. The zero-order chi connectivity index (χ0) is 16.7. The van der Waals surface area contributed by atoms with Crippen molar-refractivity contribution in [1.29, 1.82) is 0 Å². The molecule has 1 aromatic rings. The number of carbonyl (C=O) groups is 2. The Hall–Kier alpha value is -1.59. The molecular weight excluding hydrogens is 316 g/mol. The van der Waals surface area contributed by atoms with Gasteiger partial charge in [-0.1, -0.05) is 17.7 Å². The van der Waals surface area contributed by atoms with Crippen molar-refractivity contribution < 1.29 is 14.3 Å². The number of rotatable bonds is 7. The highest BCUT2D eigenvalue weighted by Gasteiger charge is 2.16. The average Bonchev–Trinajstić information content (AvgIpc) is 3.03. The first-order valence-corrected chi connectivity index (χ1v) is 8.37. The maximum Gasteiger partial charge on any atom is 0.226 e. The highest BCUT2D eigenvalue weighted by Crippen LogP contribution is 2.22. The van der Waals surface area contributed by atoms with Crippen molar-refractivity contribution in [2.75, 3.05) is 18.5 Å². The Morgan fingerprint density at radius 1 is 1.30 bits per heavy atom. The lowest BCUT2D eigenvalue weighted by molar-refractivity contribution is -0.121. The Morgan fingerprint density at radius 2 is 2.13 bits per heavy atom. The van der Waals surface area contributed by atoms with Gasteiger partial charge in [-0.2, -0.15) is 0 Å². The van der Waals surface area contributed by atoms with Crippen LogP contribution < -0.4 is 10.6 Å². The number of amides is 2. The van der Waals surface area contributed by atoms with Gasteiger partial charge in [0.1, 0.15) is 0 Å². The molecule has 0 bridgehead atoms. The van der Waals surface area contributed by atoms with Crippen LogP contribution in [0.2, 0.25) is 5.02 Å². The molecule has 5 nitrogen and oxygen atoms in total. The molecule has 23 heavy (non-hydrogen) atoms. The Balaban J connectivity index is 1.64. The molecule has 0 spiro atoms. The molecule has 2 rings (SSSR count). The molecule has 1 atom stereocenters. The van der Waals surface area contributed by atoms with E-state index in [1.54, 1.807) is 18.2 Å². The van der Waals surface area contributed by atoms with E-state index < -0.39 is 0 Å². The van der Waals surface area contributed by atoms with Crippen LogP contribution in [0.3, 0.4) is 0 Å². The molecular formula is C17H23ClN2O3. The second kappa shape index (κ2) is 8.89. The molecule has 1 aliphatic rings. The molecule has 0 saturated carbocycles. The number of nitrogens with one attached hydrogen (secondary N) is 2. The van der Waals surface area contributed by atoms with E-state index in [4.69, 9.17) is 16.3 Å². The Morgan fingerprint density at radius 3 is 2.87 bits per heavy atom. The van der Waals surface area contributed by atoms with Crippen LogP contribution in [0.25, 0.3) is 0 Å². The van der Waals surface area contributed by atoms with Gasteiger partial charge in [0.25, 0.3) is 0 Å².